The van der Waals surface area contributed by atoms with Crippen LogP contribution in [-0.2, 0) is 0 Å². The van der Waals surface area contributed by atoms with Crippen LogP contribution in [0.4, 0.5) is 0 Å². The lowest BCUT2D eigenvalue weighted by Gasteiger charge is -2.23. The lowest BCUT2D eigenvalue weighted by Crippen LogP contribution is -2.44. The van der Waals surface area contributed by atoms with Crippen LogP contribution < -0.4 is 10.6 Å². The monoisotopic (exact) mass is 342 g/mol. The van der Waals surface area contributed by atoms with Crippen molar-refractivity contribution < 1.29 is 0 Å². The Bertz CT molecular complexity index is 533. The Balaban J connectivity index is 1.92. The largest absolute Gasteiger partial charge is 0.355 e. The first-order valence-corrected chi connectivity index (χ1v) is 8.39. The molecule has 2 rings (SSSR count). The third-order valence-corrected chi connectivity index (χ3v) is 4.74. The molecular formula is C16H24Cl2N4. The van der Waals surface area contributed by atoms with Crippen LogP contribution in [0.3, 0.4) is 0 Å². The van der Waals surface area contributed by atoms with E-state index in [2.05, 4.69) is 34.5 Å². The number of hydrogen-bond donors (Lipinski definition) is 2. The summed E-state index contributed by atoms with van der Waals surface area (Å²) in [5, 5.41) is 8.09. The van der Waals surface area contributed by atoms with Crippen LogP contribution in [0.1, 0.15) is 31.4 Å². The van der Waals surface area contributed by atoms with E-state index >= 15 is 0 Å². The lowest BCUT2D eigenvalue weighted by atomic mass is 10.1. The molecule has 122 valence electrons. The summed E-state index contributed by atoms with van der Waals surface area (Å²) in [7, 11) is 3.95. The summed E-state index contributed by atoms with van der Waals surface area (Å²) in [4.78, 5) is 6.68. The van der Waals surface area contributed by atoms with E-state index in [-0.39, 0.29) is 6.04 Å². The van der Waals surface area contributed by atoms with E-state index in [1.54, 1.807) is 13.1 Å². The summed E-state index contributed by atoms with van der Waals surface area (Å²) < 4.78 is 0. The molecular weight excluding hydrogens is 319 g/mol. The lowest BCUT2D eigenvalue weighted by molar-refractivity contribution is 0.309. The third-order valence-electron chi connectivity index (χ3n) is 4.18. The molecule has 6 heteroatoms. The van der Waals surface area contributed by atoms with Gasteiger partial charge in [-0.3, -0.25) is 4.99 Å². The fourth-order valence-corrected chi connectivity index (χ4v) is 3.35. The number of likely N-dealkylation sites (N-methyl/N-ethyl adjacent to an activating group) is 1. The van der Waals surface area contributed by atoms with E-state index in [4.69, 9.17) is 23.2 Å². The SMILES string of the molecule is CN=C(NCC1CCCN1C)NC(C)c1ccc(Cl)cc1Cl. The van der Waals surface area contributed by atoms with E-state index in [1.807, 2.05) is 12.1 Å². The van der Waals surface area contributed by atoms with Crippen LogP contribution >= 0.6 is 23.2 Å². The van der Waals surface area contributed by atoms with E-state index in [0.29, 0.717) is 16.1 Å². The van der Waals surface area contributed by atoms with Crippen molar-refractivity contribution in [2.24, 2.45) is 4.99 Å². The average Bonchev–Trinajstić information content (AvgIpc) is 2.88. The summed E-state index contributed by atoms with van der Waals surface area (Å²) in [6, 6.07) is 6.19. The standard InChI is InChI=1S/C16H24Cl2N4/c1-11(14-7-6-12(17)9-15(14)18)21-16(19-2)20-10-13-5-4-8-22(13)3/h6-7,9,11,13H,4-5,8,10H2,1-3H3,(H2,19,20,21). The van der Waals surface area contributed by atoms with Crippen molar-refractivity contribution in [3.05, 3.63) is 33.8 Å². The minimum atomic E-state index is 0.0530. The van der Waals surface area contributed by atoms with Crippen molar-refractivity contribution in [3.63, 3.8) is 0 Å². The van der Waals surface area contributed by atoms with Crippen LogP contribution in [0, 0.1) is 0 Å². The van der Waals surface area contributed by atoms with Gasteiger partial charge in [0, 0.05) is 29.7 Å². The van der Waals surface area contributed by atoms with Crippen LogP contribution in [-0.4, -0.2) is 44.1 Å². The van der Waals surface area contributed by atoms with Gasteiger partial charge in [-0.2, -0.15) is 0 Å². The first-order valence-electron chi connectivity index (χ1n) is 7.63. The molecule has 0 spiro atoms. The number of benzene rings is 1. The zero-order chi connectivity index (χ0) is 16.1. The molecule has 0 bridgehead atoms. The van der Waals surface area contributed by atoms with Gasteiger partial charge in [0.15, 0.2) is 5.96 Å². The predicted molar refractivity (Wildman–Crippen MR) is 95.0 cm³/mol. The van der Waals surface area contributed by atoms with Gasteiger partial charge in [0.1, 0.15) is 0 Å². The van der Waals surface area contributed by atoms with Crippen molar-refractivity contribution >= 4 is 29.2 Å². The first kappa shape index (κ1) is 17.4. The summed E-state index contributed by atoms with van der Waals surface area (Å²) in [5.41, 5.74) is 1.01. The molecule has 2 atom stereocenters. The molecule has 1 aliphatic rings. The Hall–Kier alpha value is -0.970. The molecule has 0 radical (unpaired) electrons. The maximum Gasteiger partial charge on any atom is 0.191 e. The number of nitrogens with one attached hydrogen (secondary N) is 2. The summed E-state index contributed by atoms with van der Waals surface area (Å²) >= 11 is 12.2. The number of halogens is 2. The Morgan fingerprint density at radius 1 is 1.45 bits per heavy atom. The van der Waals surface area contributed by atoms with Gasteiger partial charge in [-0.25, -0.2) is 0 Å². The van der Waals surface area contributed by atoms with Crippen molar-refractivity contribution in [1.29, 1.82) is 0 Å². The molecule has 0 aliphatic carbocycles. The van der Waals surface area contributed by atoms with Gasteiger partial charge >= 0.3 is 0 Å². The van der Waals surface area contributed by atoms with Crippen LogP contribution in [0.2, 0.25) is 10.0 Å². The molecule has 1 heterocycles. The number of rotatable bonds is 4. The van der Waals surface area contributed by atoms with Gasteiger partial charge in [0.05, 0.1) is 6.04 Å². The second-order valence-electron chi connectivity index (χ2n) is 5.76. The Morgan fingerprint density at radius 3 is 2.82 bits per heavy atom. The number of guanidine groups is 1. The zero-order valence-corrected chi connectivity index (χ0v) is 14.9. The van der Waals surface area contributed by atoms with Crippen molar-refractivity contribution in [1.82, 2.24) is 15.5 Å². The number of aliphatic imine (C=N–C) groups is 1. The third kappa shape index (κ3) is 4.51. The highest BCUT2D eigenvalue weighted by Crippen LogP contribution is 2.26. The topological polar surface area (TPSA) is 39.7 Å². The molecule has 0 saturated carbocycles. The Labute approximate surface area is 142 Å². The minimum Gasteiger partial charge on any atom is -0.355 e. The maximum absolute atomic E-state index is 6.26. The van der Waals surface area contributed by atoms with Gasteiger partial charge in [-0.15, -0.1) is 0 Å². The molecule has 0 aromatic heterocycles. The second kappa shape index (κ2) is 8.04. The second-order valence-corrected chi connectivity index (χ2v) is 6.61. The molecule has 1 aromatic carbocycles. The highest BCUT2D eigenvalue weighted by atomic mass is 35.5. The molecule has 1 saturated heterocycles. The van der Waals surface area contributed by atoms with Crippen molar-refractivity contribution in [2.75, 3.05) is 27.2 Å². The number of nitrogens with zero attached hydrogens (tertiary/aromatic N) is 2. The molecule has 2 unspecified atom stereocenters. The molecule has 0 amide bonds. The molecule has 1 fully saturated rings. The predicted octanol–water partition coefficient (Wildman–Crippen LogP) is 3.31. The maximum atomic E-state index is 6.26. The van der Waals surface area contributed by atoms with E-state index < -0.39 is 0 Å². The highest BCUT2D eigenvalue weighted by molar-refractivity contribution is 6.35. The molecule has 2 N–H and O–H groups in total. The molecule has 1 aromatic rings. The minimum absolute atomic E-state index is 0.0530. The molecule has 4 nitrogen and oxygen atoms in total. The van der Waals surface area contributed by atoms with Crippen molar-refractivity contribution in [2.45, 2.75) is 31.8 Å². The van der Waals surface area contributed by atoms with Gasteiger partial charge in [0.2, 0.25) is 0 Å². The van der Waals surface area contributed by atoms with Crippen LogP contribution in [0.15, 0.2) is 23.2 Å². The van der Waals surface area contributed by atoms with Gasteiger partial charge in [-0.05, 0) is 51.1 Å². The van der Waals surface area contributed by atoms with Crippen LogP contribution in [0.25, 0.3) is 0 Å². The normalized spacial score (nSPS) is 21.0. The average molecular weight is 343 g/mol. The Morgan fingerprint density at radius 2 is 2.23 bits per heavy atom. The smallest absolute Gasteiger partial charge is 0.191 e. The summed E-state index contributed by atoms with van der Waals surface area (Å²) in [6.07, 6.45) is 2.50. The van der Waals surface area contributed by atoms with Crippen LogP contribution in [0.5, 0.6) is 0 Å². The van der Waals surface area contributed by atoms with Crippen molar-refractivity contribution in [3.8, 4) is 0 Å². The first-order chi connectivity index (χ1) is 10.5. The summed E-state index contributed by atoms with van der Waals surface area (Å²) in [6.45, 7) is 4.13. The fourth-order valence-electron chi connectivity index (χ4n) is 2.78. The van der Waals surface area contributed by atoms with E-state index in [0.717, 1.165) is 18.1 Å². The molecule has 22 heavy (non-hydrogen) atoms. The van der Waals surface area contributed by atoms with E-state index in [1.165, 1.54) is 19.4 Å². The van der Waals surface area contributed by atoms with E-state index in [9.17, 15) is 0 Å². The summed E-state index contributed by atoms with van der Waals surface area (Å²) in [5.74, 6) is 0.791. The van der Waals surface area contributed by atoms with Gasteiger partial charge in [-0.1, -0.05) is 29.3 Å². The Kier molecular flexibility index (Phi) is 6.36. The number of likely N-dealkylation sites (tertiary alicyclic amines) is 1. The zero-order valence-electron chi connectivity index (χ0n) is 13.4. The van der Waals surface area contributed by atoms with Gasteiger partial charge in [0.25, 0.3) is 0 Å². The quantitative estimate of drug-likeness (QED) is 0.651. The number of hydrogen-bond acceptors (Lipinski definition) is 2. The molecule has 1 aliphatic heterocycles. The fraction of sp³-hybridized carbons (Fsp3) is 0.562. The van der Waals surface area contributed by atoms with Gasteiger partial charge < -0.3 is 15.5 Å². The highest BCUT2D eigenvalue weighted by Gasteiger charge is 2.21.